The standard InChI is InChI=1S/C14H16N4O2/c1-9-6-10(2)17-14(16-9)18-15-8-11-4-5-13(20-3)12(19)7-11/h4-8,19H,1-3H3,(H,16,17,18). The number of rotatable bonds is 4. The van der Waals surface area contributed by atoms with Crippen LogP contribution in [0.1, 0.15) is 17.0 Å². The van der Waals surface area contributed by atoms with E-state index < -0.39 is 0 Å². The van der Waals surface area contributed by atoms with Crippen LogP contribution in [0.15, 0.2) is 29.4 Å². The summed E-state index contributed by atoms with van der Waals surface area (Å²) < 4.78 is 4.97. The summed E-state index contributed by atoms with van der Waals surface area (Å²) in [7, 11) is 1.50. The molecule has 0 saturated carbocycles. The molecule has 2 aromatic rings. The zero-order valence-electron chi connectivity index (χ0n) is 11.6. The third-order valence-corrected chi connectivity index (χ3v) is 2.56. The summed E-state index contributed by atoms with van der Waals surface area (Å²) in [5, 5.41) is 13.7. The molecule has 1 aromatic carbocycles. The molecule has 1 heterocycles. The van der Waals surface area contributed by atoms with Gasteiger partial charge in [-0.05, 0) is 43.7 Å². The monoisotopic (exact) mass is 272 g/mol. The topological polar surface area (TPSA) is 79.6 Å². The van der Waals surface area contributed by atoms with Crippen LogP contribution in [0.2, 0.25) is 0 Å². The smallest absolute Gasteiger partial charge is 0.243 e. The Hall–Kier alpha value is -2.63. The van der Waals surface area contributed by atoms with E-state index >= 15 is 0 Å². The second kappa shape index (κ2) is 6.01. The second-order valence-electron chi connectivity index (χ2n) is 4.28. The number of methoxy groups -OCH3 is 1. The van der Waals surface area contributed by atoms with Crippen molar-refractivity contribution in [3.8, 4) is 11.5 Å². The lowest BCUT2D eigenvalue weighted by molar-refractivity contribution is 0.373. The van der Waals surface area contributed by atoms with Crippen molar-refractivity contribution >= 4 is 12.2 Å². The lowest BCUT2D eigenvalue weighted by atomic mass is 10.2. The van der Waals surface area contributed by atoms with Gasteiger partial charge in [-0.1, -0.05) is 0 Å². The van der Waals surface area contributed by atoms with Crippen molar-refractivity contribution in [2.45, 2.75) is 13.8 Å². The van der Waals surface area contributed by atoms with E-state index in [1.807, 2.05) is 19.9 Å². The molecule has 1 aromatic heterocycles. The molecule has 6 nitrogen and oxygen atoms in total. The molecule has 0 fully saturated rings. The normalized spacial score (nSPS) is 10.8. The number of hydrogen-bond acceptors (Lipinski definition) is 6. The van der Waals surface area contributed by atoms with Crippen LogP contribution in [0.3, 0.4) is 0 Å². The number of anilines is 1. The highest BCUT2D eigenvalue weighted by Crippen LogP contribution is 2.25. The van der Waals surface area contributed by atoms with Gasteiger partial charge in [-0.3, -0.25) is 0 Å². The fourth-order valence-corrected chi connectivity index (χ4v) is 1.73. The van der Waals surface area contributed by atoms with E-state index in [-0.39, 0.29) is 5.75 Å². The Morgan fingerprint density at radius 2 is 1.90 bits per heavy atom. The van der Waals surface area contributed by atoms with Crippen LogP contribution in [-0.4, -0.2) is 28.4 Å². The molecule has 20 heavy (non-hydrogen) atoms. The van der Waals surface area contributed by atoms with Crippen LogP contribution in [-0.2, 0) is 0 Å². The fraction of sp³-hybridized carbons (Fsp3) is 0.214. The highest BCUT2D eigenvalue weighted by molar-refractivity contribution is 5.81. The summed E-state index contributed by atoms with van der Waals surface area (Å²) in [5.41, 5.74) is 5.24. The summed E-state index contributed by atoms with van der Waals surface area (Å²) in [4.78, 5) is 8.41. The third-order valence-electron chi connectivity index (χ3n) is 2.56. The third kappa shape index (κ3) is 3.44. The number of nitrogens with zero attached hydrogens (tertiary/aromatic N) is 3. The lowest BCUT2D eigenvalue weighted by Crippen LogP contribution is -1.99. The van der Waals surface area contributed by atoms with Gasteiger partial charge in [0.25, 0.3) is 0 Å². The van der Waals surface area contributed by atoms with E-state index in [2.05, 4.69) is 20.5 Å². The Kier molecular flexibility index (Phi) is 4.14. The van der Waals surface area contributed by atoms with Crippen LogP contribution in [0.25, 0.3) is 0 Å². The Morgan fingerprint density at radius 3 is 2.50 bits per heavy atom. The van der Waals surface area contributed by atoms with Gasteiger partial charge >= 0.3 is 0 Å². The molecule has 0 bridgehead atoms. The molecule has 6 heteroatoms. The van der Waals surface area contributed by atoms with E-state index in [9.17, 15) is 5.11 Å². The van der Waals surface area contributed by atoms with Crippen molar-refractivity contribution in [1.29, 1.82) is 0 Å². The molecule has 0 aliphatic heterocycles. The molecule has 2 N–H and O–H groups in total. The number of nitrogens with one attached hydrogen (secondary N) is 1. The quantitative estimate of drug-likeness (QED) is 0.659. The van der Waals surface area contributed by atoms with E-state index in [0.717, 1.165) is 17.0 Å². The molecule has 0 atom stereocenters. The molecule has 104 valence electrons. The van der Waals surface area contributed by atoms with Crippen LogP contribution in [0.4, 0.5) is 5.95 Å². The molecule has 0 unspecified atom stereocenters. The van der Waals surface area contributed by atoms with E-state index in [1.165, 1.54) is 7.11 Å². The maximum Gasteiger partial charge on any atom is 0.243 e. The first kappa shape index (κ1) is 13.8. The molecule has 0 spiro atoms. The molecule has 0 radical (unpaired) electrons. The minimum Gasteiger partial charge on any atom is -0.504 e. The Balaban J connectivity index is 2.08. The van der Waals surface area contributed by atoms with E-state index in [0.29, 0.717) is 11.7 Å². The molecule has 0 aliphatic rings. The summed E-state index contributed by atoms with van der Waals surface area (Å²) in [6, 6.07) is 6.90. The van der Waals surface area contributed by atoms with E-state index in [1.54, 1.807) is 24.4 Å². The van der Waals surface area contributed by atoms with Gasteiger partial charge in [-0.2, -0.15) is 5.10 Å². The molecule has 0 aliphatic carbocycles. The van der Waals surface area contributed by atoms with Crippen LogP contribution < -0.4 is 10.2 Å². The number of hydrazone groups is 1. The van der Waals surface area contributed by atoms with Crippen molar-refractivity contribution in [2.24, 2.45) is 5.10 Å². The number of ether oxygens (including phenoxy) is 1. The summed E-state index contributed by atoms with van der Waals surface area (Å²) in [6.45, 7) is 3.79. The Morgan fingerprint density at radius 1 is 1.20 bits per heavy atom. The molecule has 0 saturated heterocycles. The second-order valence-corrected chi connectivity index (χ2v) is 4.28. The van der Waals surface area contributed by atoms with Gasteiger partial charge in [0.1, 0.15) is 0 Å². The van der Waals surface area contributed by atoms with Crippen molar-refractivity contribution in [2.75, 3.05) is 12.5 Å². The number of benzene rings is 1. The molecular formula is C14H16N4O2. The number of hydrogen-bond donors (Lipinski definition) is 2. The predicted molar refractivity (Wildman–Crippen MR) is 77.4 cm³/mol. The minimum atomic E-state index is 0.0686. The Bertz CT molecular complexity index is 621. The lowest BCUT2D eigenvalue weighted by Gasteiger charge is -2.03. The average Bonchev–Trinajstić information content (AvgIpc) is 2.38. The van der Waals surface area contributed by atoms with Gasteiger partial charge in [-0.15, -0.1) is 0 Å². The van der Waals surface area contributed by atoms with Crippen LogP contribution >= 0.6 is 0 Å². The van der Waals surface area contributed by atoms with Crippen LogP contribution in [0.5, 0.6) is 11.5 Å². The number of aromatic hydroxyl groups is 1. The first-order valence-electron chi connectivity index (χ1n) is 6.07. The maximum absolute atomic E-state index is 9.65. The van der Waals surface area contributed by atoms with E-state index in [4.69, 9.17) is 4.74 Å². The first-order chi connectivity index (χ1) is 9.58. The zero-order valence-corrected chi connectivity index (χ0v) is 11.6. The van der Waals surface area contributed by atoms with Gasteiger partial charge < -0.3 is 9.84 Å². The summed E-state index contributed by atoms with van der Waals surface area (Å²) in [6.07, 6.45) is 1.57. The van der Waals surface area contributed by atoms with Crippen molar-refractivity contribution in [3.05, 3.63) is 41.2 Å². The van der Waals surface area contributed by atoms with Gasteiger partial charge in [0, 0.05) is 11.4 Å². The maximum atomic E-state index is 9.65. The van der Waals surface area contributed by atoms with Crippen molar-refractivity contribution in [3.63, 3.8) is 0 Å². The first-order valence-corrected chi connectivity index (χ1v) is 6.07. The number of aryl methyl sites for hydroxylation is 2. The highest BCUT2D eigenvalue weighted by Gasteiger charge is 2.01. The SMILES string of the molecule is COc1ccc(C=NNc2nc(C)cc(C)n2)cc1O. The van der Waals surface area contributed by atoms with Gasteiger partial charge in [0.15, 0.2) is 11.5 Å². The summed E-state index contributed by atoms with van der Waals surface area (Å²) in [5.74, 6) is 0.934. The molecular weight excluding hydrogens is 256 g/mol. The van der Waals surface area contributed by atoms with Crippen molar-refractivity contribution < 1.29 is 9.84 Å². The highest BCUT2D eigenvalue weighted by atomic mass is 16.5. The number of phenols is 1. The average molecular weight is 272 g/mol. The molecule has 2 rings (SSSR count). The summed E-state index contributed by atoms with van der Waals surface area (Å²) >= 11 is 0. The largest absolute Gasteiger partial charge is 0.504 e. The number of aromatic nitrogens is 2. The number of phenolic OH excluding ortho intramolecular Hbond substituents is 1. The predicted octanol–water partition coefficient (Wildman–Crippen LogP) is 2.25. The van der Waals surface area contributed by atoms with Crippen LogP contribution in [0, 0.1) is 13.8 Å². The van der Waals surface area contributed by atoms with Gasteiger partial charge in [0.05, 0.1) is 13.3 Å². The van der Waals surface area contributed by atoms with Crippen molar-refractivity contribution in [1.82, 2.24) is 9.97 Å². The fourth-order valence-electron chi connectivity index (χ4n) is 1.73. The Labute approximate surface area is 117 Å². The van der Waals surface area contributed by atoms with Gasteiger partial charge in [0.2, 0.25) is 5.95 Å². The van der Waals surface area contributed by atoms with Gasteiger partial charge in [-0.25, -0.2) is 15.4 Å². The molecule has 0 amide bonds. The zero-order chi connectivity index (χ0) is 14.5. The minimum absolute atomic E-state index is 0.0686.